The number of nitrogens with two attached hydrogens (primary N) is 1. The van der Waals surface area contributed by atoms with Crippen molar-refractivity contribution in [3.05, 3.63) is 35.4 Å². The summed E-state index contributed by atoms with van der Waals surface area (Å²) in [6.07, 6.45) is -1.23. The topological polar surface area (TPSA) is 26.0 Å². The van der Waals surface area contributed by atoms with Crippen LogP contribution in [0.2, 0.25) is 0 Å². The monoisotopic (exact) mass is 229 g/mol. The minimum absolute atomic E-state index is 0.250. The summed E-state index contributed by atoms with van der Waals surface area (Å²) in [5.74, 6) is 0. The second-order valence-electron chi connectivity index (χ2n) is 4.41. The molecule has 1 aromatic carbocycles. The fraction of sp³-hybridized carbons (Fsp3) is 0.500. The molecular weight excluding hydrogens is 215 g/mol. The molecule has 2 N–H and O–H groups in total. The van der Waals surface area contributed by atoms with Crippen LogP contribution in [0.5, 0.6) is 0 Å². The van der Waals surface area contributed by atoms with Gasteiger partial charge in [0.1, 0.15) is 0 Å². The molecule has 0 atom stereocenters. The maximum absolute atomic E-state index is 12.8. The third kappa shape index (κ3) is 1.94. The summed E-state index contributed by atoms with van der Waals surface area (Å²) in [5.41, 5.74) is 4.96. The van der Waals surface area contributed by atoms with E-state index < -0.39 is 17.3 Å². The van der Waals surface area contributed by atoms with Gasteiger partial charge in [0.15, 0.2) is 0 Å². The summed E-state index contributed by atoms with van der Waals surface area (Å²) in [4.78, 5) is 0. The first-order valence-electron chi connectivity index (χ1n) is 5.39. The first-order chi connectivity index (χ1) is 7.43. The van der Waals surface area contributed by atoms with Crippen molar-refractivity contribution in [2.45, 2.75) is 37.4 Å². The summed E-state index contributed by atoms with van der Waals surface area (Å²) in [5, 5.41) is 0. The number of halogens is 3. The molecule has 0 bridgehead atoms. The van der Waals surface area contributed by atoms with Crippen LogP contribution in [0.3, 0.4) is 0 Å². The van der Waals surface area contributed by atoms with Gasteiger partial charge in [0.25, 0.3) is 0 Å². The maximum Gasteiger partial charge on any atom is 0.416 e. The summed E-state index contributed by atoms with van der Waals surface area (Å²) >= 11 is 0. The molecule has 0 aromatic heterocycles. The minimum atomic E-state index is -4.31. The molecule has 0 saturated heterocycles. The van der Waals surface area contributed by atoms with Crippen molar-refractivity contribution < 1.29 is 13.2 Å². The Balaban J connectivity index is 2.48. The SMILES string of the molecule is NC1(c2ccccc2C(F)(F)F)CCCC1. The summed E-state index contributed by atoms with van der Waals surface area (Å²) in [6.45, 7) is 0. The van der Waals surface area contributed by atoms with Crippen LogP contribution in [0, 0.1) is 0 Å². The first kappa shape index (κ1) is 11.5. The van der Waals surface area contributed by atoms with Gasteiger partial charge in [-0.15, -0.1) is 0 Å². The summed E-state index contributed by atoms with van der Waals surface area (Å²) in [6, 6.07) is 5.65. The normalized spacial score (nSPS) is 20.0. The zero-order valence-electron chi connectivity index (χ0n) is 8.85. The standard InChI is InChI=1S/C12H14F3N/c13-12(14,15)10-6-2-1-5-9(10)11(16)7-3-4-8-11/h1-2,5-6H,3-4,7-8,16H2. The fourth-order valence-corrected chi connectivity index (χ4v) is 2.44. The van der Waals surface area contributed by atoms with Gasteiger partial charge in [-0.1, -0.05) is 31.0 Å². The van der Waals surface area contributed by atoms with E-state index in [-0.39, 0.29) is 5.56 Å². The predicted octanol–water partition coefficient (Wildman–Crippen LogP) is 3.43. The molecule has 1 saturated carbocycles. The molecule has 88 valence electrons. The van der Waals surface area contributed by atoms with Crippen LogP contribution < -0.4 is 5.73 Å². The Hall–Kier alpha value is -1.03. The highest BCUT2D eigenvalue weighted by Gasteiger charge is 2.40. The Morgan fingerprint density at radius 1 is 1.06 bits per heavy atom. The Kier molecular flexibility index (Phi) is 2.70. The van der Waals surface area contributed by atoms with E-state index in [1.165, 1.54) is 12.1 Å². The molecule has 2 rings (SSSR count). The lowest BCUT2D eigenvalue weighted by molar-refractivity contribution is -0.138. The summed E-state index contributed by atoms with van der Waals surface area (Å²) in [7, 11) is 0. The van der Waals surface area contributed by atoms with Crippen LogP contribution in [-0.4, -0.2) is 0 Å². The van der Waals surface area contributed by atoms with Gasteiger partial charge in [0.05, 0.1) is 5.56 Å². The molecule has 1 aliphatic carbocycles. The van der Waals surface area contributed by atoms with Crippen LogP contribution in [0.15, 0.2) is 24.3 Å². The van der Waals surface area contributed by atoms with Crippen LogP contribution in [0.4, 0.5) is 13.2 Å². The summed E-state index contributed by atoms with van der Waals surface area (Å²) < 4.78 is 38.4. The van der Waals surface area contributed by atoms with Crippen LogP contribution in [0.1, 0.15) is 36.8 Å². The zero-order valence-corrected chi connectivity index (χ0v) is 8.85. The van der Waals surface area contributed by atoms with E-state index in [4.69, 9.17) is 5.73 Å². The van der Waals surface area contributed by atoms with Crippen LogP contribution >= 0.6 is 0 Å². The average molecular weight is 229 g/mol. The van der Waals surface area contributed by atoms with Crippen LogP contribution in [0.25, 0.3) is 0 Å². The van der Waals surface area contributed by atoms with Gasteiger partial charge >= 0.3 is 6.18 Å². The molecule has 0 radical (unpaired) electrons. The molecule has 0 unspecified atom stereocenters. The van der Waals surface area contributed by atoms with Crippen molar-refractivity contribution in [2.24, 2.45) is 5.73 Å². The molecule has 4 heteroatoms. The molecule has 0 amide bonds. The molecule has 1 aliphatic rings. The predicted molar refractivity (Wildman–Crippen MR) is 55.8 cm³/mol. The van der Waals surface area contributed by atoms with Gasteiger partial charge in [-0.2, -0.15) is 13.2 Å². The van der Waals surface area contributed by atoms with Gasteiger partial charge in [0, 0.05) is 5.54 Å². The highest BCUT2D eigenvalue weighted by atomic mass is 19.4. The Labute approximate surface area is 92.5 Å². The number of rotatable bonds is 1. The maximum atomic E-state index is 12.8. The van der Waals surface area contributed by atoms with E-state index in [1.54, 1.807) is 6.07 Å². The quantitative estimate of drug-likeness (QED) is 0.784. The van der Waals surface area contributed by atoms with Crippen LogP contribution in [-0.2, 0) is 11.7 Å². The second-order valence-corrected chi connectivity index (χ2v) is 4.41. The van der Waals surface area contributed by atoms with E-state index in [2.05, 4.69) is 0 Å². The van der Waals surface area contributed by atoms with Crippen molar-refractivity contribution in [3.63, 3.8) is 0 Å². The molecular formula is C12H14F3N. The largest absolute Gasteiger partial charge is 0.416 e. The molecule has 0 spiro atoms. The Morgan fingerprint density at radius 2 is 1.62 bits per heavy atom. The lowest BCUT2D eigenvalue weighted by Crippen LogP contribution is -2.35. The minimum Gasteiger partial charge on any atom is -0.321 e. The van der Waals surface area contributed by atoms with Crippen molar-refractivity contribution in [1.29, 1.82) is 0 Å². The van der Waals surface area contributed by atoms with Gasteiger partial charge in [0.2, 0.25) is 0 Å². The fourth-order valence-electron chi connectivity index (χ4n) is 2.44. The highest BCUT2D eigenvalue weighted by molar-refractivity contribution is 5.36. The van der Waals surface area contributed by atoms with Gasteiger partial charge < -0.3 is 5.73 Å². The van der Waals surface area contributed by atoms with Crippen molar-refractivity contribution in [2.75, 3.05) is 0 Å². The highest BCUT2D eigenvalue weighted by Crippen LogP contribution is 2.42. The van der Waals surface area contributed by atoms with Gasteiger partial charge in [-0.25, -0.2) is 0 Å². The second kappa shape index (κ2) is 3.77. The lowest BCUT2D eigenvalue weighted by Gasteiger charge is -2.27. The molecule has 0 heterocycles. The molecule has 16 heavy (non-hydrogen) atoms. The molecule has 1 nitrogen and oxygen atoms in total. The van der Waals surface area contributed by atoms with E-state index in [0.717, 1.165) is 18.9 Å². The Bertz CT molecular complexity index is 378. The Morgan fingerprint density at radius 3 is 2.19 bits per heavy atom. The zero-order chi connectivity index (χ0) is 11.8. The molecule has 0 aliphatic heterocycles. The molecule has 1 fully saturated rings. The van der Waals surface area contributed by atoms with E-state index in [0.29, 0.717) is 12.8 Å². The average Bonchev–Trinajstić information content (AvgIpc) is 2.65. The third-order valence-corrected chi connectivity index (χ3v) is 3.26. The van der Waals surface area contributed by atoms with E-state index >= 15 is 0 Å². The lowest BCUT2D eigenvalue weighted by atomic mass is 9.86. The molecule has 1 aromatic rings. The number of alkyl halides is 3. The number of hydrogen-bond donors (Lipinski definition) is 1. The van der Waals surface area contributed by atoms with E-state index in [9.17, 15) is 13.2 Å². The number of benzene rings is 1. The van der Waals surface area contributed by atoms with Gasteiger partial charge in [-0.05, 0) is 24.5 Å². The third-order valence-electron chi connectivity index (χ3n) is 3.26. The van der Waals surface area contributed by atoms with Crippen molar-refractivity contribution >= 4 is 0 Å². The van der Waals surface area contributed by atoms with Gasteiger partial charge in [-0.3, -0.25) is 0 Å². The van der Waals surface area contributed by atoms with E-state index in [1.807, 2.05) is 0 Å². The smallest absolute Gasteiger partial charge is 0.321 e. The van der Waals surface area contributed by atoms with Crippen molar-refractivity contribution in [3.8, 4) is 0 Å². The number of hydrogen-bond acceptors (Lipinski definition) is 1. The van der Waals surface area contributed by atoms with Crippen molar-refractivity contribution in [1.82, 2.24) is 0 Å². The first-order valence-corrected chi connectivity index (χ1v) is 5.39.